The fraction of sp³-hybridized carbons (Fsp3) is 0.0909. The van der Waals surface area contributed by atoms with Gasteiger partial charge in [0.15, 0.2) is 5.60 Å². The molecule has 0 N–H and O–H groups in total. The maximum Gasteiger partial charge on any atom is 0.178 e. The van der Waals surface area contributed by atoms with Gasteiger partial charge >= 0.3 is 0 Å². The van der Waals surface area contributed by atoms with E-state index in [1.54, 1.807) is 14.2 Å². The van der Waals surface area contributed by atoms with Crippen molar-refractivity contribution in [2.45, 2.75) is 5.60 Å². The van der Waals surface area contributed by atoms with Crippen molar-refractivity contribution in [3.8, 4) is 28.4 Å². The van der Waals surface area contributed by atoms with E-state index in [4.69, 9.17) is 14.2 Å². The summed E-state index contributed by atoms with van der Waals surface area (Å²) < 4.78 is 17.9. The van der Waals surface area contributed by atoms with Gasteiger partial charge in [-0.3, -0.25) is 0 Å². The Morgan fingerprint density at radius 2 is 1.17 bits per heavy atom. The summed E-state index contributed by atoms with van der Waals surface area (Å²) in [6.45, 7) is 0. The molecule has 0 saturated carbocycles. The maximum absolute atomic E-state index is 7.04. The molecule has 3 heteroatoms. The molecule has 6 rings (SSSR count). The van der Waals surface area contributed by atoms with Crippen molar-refractivity contribution >= 4 is 16.8 Å². The van der Waals surface area contributed by atoms with Crippen LogP contribution < -0.4 is 14.2 Å². The summed E-state index contributed by atoms with van der Waals surface area (Å²) in [5, 5.41) is 2.38. The summed E-state index contributed by atoms with van der Waals surface area (Å²) >= 11 is 0. The highest BCUT2D eigenvalue weighted by Crippen LogP contribution is 2.47. The zero-order valence-electron chi connectivity index (χ0n) is 20.3. The summed E-state index contributed by atoms with van der Waals surface area (Å²) in [7, 11) is 3.36. The van der Waals surface area contributed by atoms with Crippen LogP contribution in [0.1, 0.15) is 16.7 Å². The molecule has 1 aliphatic rings. The molecule has 0 aromatic heterocycles. The Bertz CT molecular complexity index is 1500. The Morgan fingerprint density at radius 1 is 0.611 bits per heavy atom. The largest absolute Gasteiger partial charge is 0.497 e. The van der Waals surface area contributed by atoms with E-state index in [9.17, 15) is 0 Å². The number of ether oxygens (including phenoxy) is 3. The van der Waals surface area contributed by atoms with Crippen molar-refractivity contribution in [1.82, 2.24) is 0 Å². The summed E-state index contributed by atoms with van der Waals surface area (Å²) in [6, 6.07) is 37.4. The first kappa shape index (κ1) is 22.0. The summed E-state index contributed by atoms with van der Waals surface area (Å²) in [5.74, 6) is 2.46. The SMILES string of the molecule is COc1ccc(C2(c3ccc(OC)cc3)C=Cc3c(cc(-c4ccccc4)c4ccccc34)O2)cc1. The first-order valence-electron chi connectivity index (χ1n) is 12.0. The van der Waals surface area contributed by atoms with E-state index in [0.29, 0.717) is 0 Å². The van der Waals surface area contributed by atoms with Gasteiger partial charge in [0.1, 0.15) is 17.2 Å². The van der Waals surface area contributed by atoms with Crippen molar-refractivity contribution in [2.24, 2.45) is 0 Å². The number of benzene rings is 5. The highest BCUT2D eigenvalue weighted by molar-refractivity contribution is 6.03. The van der Waals surface area contributed by atoms with E-state index < -0.39 is 5.60 Å². The van der Waals surface area contributed by atoms with E-state index in [0.717, 1.165) is 45.1 Å². The third-order valence-electron chi connectivity index (χ3n) is 6.93. The van der Waals surface area contributed by atoms with Crippen LogP contribution in [0, 0.1) is 0 Å². The standard InChI is InChI=1S/C33H26O3/c1-34-26-16-12-24(13-17-26)33(25-14-18-27(35-2)19-15-25)21-20-30-28-10-6-7-11-29(28)31(22-32(30)36-33)23-8-4-3-5-9-23/h3-22H,1-2H3. The topological polar surface area (TPSA) is 27.7 Å². The van der Waals surface area contributed by atoms with Crippen molar-refractivity contribution in [3.63, 3.8) is 0 Å². The van der Waals surface area contributed by atoms with Gasteiger partial charge in [0.25, 0.3) is 0 Å². The van der Waals surface area contributed by atoms with Crippen molar-refractivity contribution in [1.29, 1.82) is 0 Å². The minimum Gasteiger partial charge on any atom is -0.497 e. The zero-order valence-corrected chi connectivity index (χ0v) is 20.3. The molecule has 0 unspecified atom stereocenters. The molecule has 0 spiro atoms. The molecule has 1 aliphatic heterocycles. The zero-order chi connectivity index (χ0) is 24.5. The van der Waals surface area contributed by atoms with E-state index in [1.807, 2.05) is 30.3 Å². The molecule has 176 valence electrons. The summed E-state index contributed by atoms with van der Waals surface area (Å²) in [6.07, 6.45) is 4.36. The van der Waals surface area contributed by atoms with Crippen LogP contribution in [0.15, 0.2) is 115 Å². The average Bonchev–Trinajstić information content (AvgIpc) is 2.97. The first-order valence-corrected chi connectivity index (χ1v) is 12.0. The lowest BCUT2D eigenvalue weighted by molar-refractivity contribution is 0.161. The second kappa shape index (κ2) is 8.94. The molecular weight excluding hydrogens is 444 g/mol. The highest BCUT2D eigenvalue weighted by Gasteiger charge is 2.38. The molecule has 0 radical (unpaired) electrons. The molecule has 0 fully saturated rings. The van der Waals surface area contributed by atoms with Crippen molar-refractivity contribution in [2.75, 3.05) is 14.2 Å². The molecule has 0 saturated heterocycles. The molecule has 0 amide bonds. The third kappa shape index (κ3) is 3.61. The van der Waals surface area contributed by atoms with Crippen LogP contribution in [0.5, 0.6) is 17.2 Å². The fourth-order valence-corrected chi connectivity index (χ4v) is 5.05. The van der Waals surface area contributed by atoms with E-state index in [1.165, 1.54) is 10.8 Å². The van der Waals surface area contributed by atoms with Crippen LogP contribution in [0.4, 0.5) is 0 Å². The highest BCUT2D eigenvalue weighted by atomic mass is 16.5. The van der Waals surface area contributed by atoms with Gasteiger partial charge in [0, 0.05) is 16.7 Å². The van der Waals surface area contributed by atoms with Crippen LogP contribution in [0.2, 0.25) is 0 Å². The Labute approximate surface area is 211 Å². The third-order valence-corrected chi connectivity index (χ3v) is 6.93. The predicted octanol–water partition coefficient (Wildman–Crippen LogP) is 7.87. The molecule has 5 aromatic rings. The van der Waals surface area contributed by atoms with Gasteiger partial charge in [-0.05, 0) is 64.4 Å². The number of fused-ring (bicyclic) bond motifs is 3. The smallest absolute Gasteiger partial charge is 0.178 e. The van der Waals surface area contributed by atoms with Crippen molar-refractivity contribution < 1.29 is 14.2 Å². The summed E-state index contributed by atoms with van der Waals surface area (Å²) in [5.41, 5.74) is 4.63. The van der Waals surface area contributed by atoms with Gasteiger partial charge in [-0.1, -0.05) is 78.9 Å². The lowest BCUT2D eigenvalue weighted by atomic mass is 9.82. The molecule has 0 aliphatic carbocycles. The molecule has 0 atom stereocenters. The van der Waals surface area contributed by atoms with Crippen molar-refractivity contribution in [3.05, 3.63) is 132 Å². The lowest BCUT2D eigenvalue weighted by Gasteiger charge is -2.37. The minimum absolute atomic E-state index is 0.804. The van der Waals surface area contributed by atoms with Crippen LogP contribution in [-0.4, -0.2) is 14.2 Å². The van der Waals surface area contributed by atoms with E-state index in [2.05, 4.69) is 91.0 Å². The van der Waals surface area contributed by atoms with Crippen LogP contribution in [-0.2, 0) is 5.60 Å². The van der Waals surface area contributed by atoms with Gasteiger partial charge in [-0.25, -0.2) is 0 Å². The summed E-state index contributed by atoms with van der Waals surface area (Å²) in [4.78, 5) is 0. The Hall–Kier alpha value is -4.50. The van der Waals surface area contributed by atoms with Gasteiger partial charge < -0.3 is 14.2 Å². The first-order chi connectivity index (χ1) is 17.7. The quantitative estimate of drug-likeness (QED) is 0.262. The number of hydrogen-bond acceptors (Lipinski definition) is 3. The molecule has 36 heavy (non-hydrogen) atoms. The van der Waals surface area contributed by atoms with Gasteiger partial charge in [0.05, 0.1) is 14.2 Å². The molecule has 1 heterocycles. The Morgan fingerprint density at radius 3 is 1.75 bits per heavy atom. The van der Waals surface area contributed by atoms with Gasteiger partial charge in [-0.2, -0.15) is 0 Å². The number of hydrogen-bond donors (Lipinski definition) is 0. The van der Waals surface area contributed by atoms with E-state index >= 15 is 0 Å². The molecule has 0 bridgehead atoms. The monoisotopic (exact) mass is 470 g/mol. The molecule has 3 nitrogen and oxygen atoms in total. The Kier molecular flexibility index (Phi) is 5.46. The lowest BCUT2D eigenvalue weighted by Crippen LogP contribution is -2.34. The van der Waals surface area contributed by atoms with Gasteiger partial charge in [0.2, 0.25) is 0 Å². The second-order valence-corrected chi connectivity index (χ2v) is 8.88. The average molecular weight is 471 g/mol. The fourth-order valence-electron chi connectivity index (χ4n) is 5.05. The van der Waals surface area contributed by atoms with Crippen LogP contribution in [0.25, 0.3) is 28.0 Å². The number of rotatable bonds is 5. The second-order valence-electron chi connectivity index (χ2n) is 8.88. The molecule has 5 aromatic carbocycles. The predicted molar refractivity (Wildman–Crippen MR) is 146 cm³/mol. The minimum atomic E-state index is -0.804. The van der Waals surface area contributed by atoms with Crippen LogP contribution in [0.3, 0.4) is 0 Å². The normalized spacial score (nSPS) is 13.6. The van der Waals surface area contributed by atoms with Crippen LogP contribution >= 0.6 is 0 Å². The number of methoxy groups -OCH3 is 2. The molecular formula is C33H26O3. The maximum atomic E-state index is 7.04. The van der Waals surface area contributed by atoms with Gasteiger partial charge in [-0.15, -0.1) is 0 Å². The Balaban J connectivity index is 1.58. The van der Waals surface area contributed by atoms with E-state index in [-0.39, 0.29) is 0 Å².